The van der Waals surface area contributed by atoms with Crippen molar-refractivity contribution in [2.45, 2.75) is 33.1 Å². The quantitative estimate of drug-likeness (QED) is 0.824. The van der Waals surface area contributed by atoms with E-state index in [1.54, 1.807) is 11.7 Å². The molecule has 0 unspecified atom stereocenters. The van der Waals surface area contributed by atoms with Gasteiger partial charge in [-0.1, -0.05) is 13.8 Å². The molecule has 2 rings (SSSR count). The molecule has 1 aromatic rings. The summed E-state index contributed by atoms with van der Waals surface area (Å²) in [6, 6.07) is 0. The zero-order valence-corrected chi connectivity index (χ0v) is 11.4. The fourth-order valence-electron chi connectivity index (χ4n) is 2.49. The summed E-state index contributed by atoms with van der Waals surface area (Å²) in [5, 5.41) is 4.03. The van der Waals surface area contributed by atoms with Crippen LogP contribution in [0.1, 0.15) is 43.6 Å². The van der Waals surface area contributed by atoms with Gasteiger partial charge in [0.1, 0.15) is 5.69 Å². The summed E-state index contributed by atoms with van der Waals surface area (Å²) in [6.45, 7) is 6.14. The maximum Gasteiger partial charge on any atom is 0.274 e. The van der Waals surface area contributed by atoms with Gasteiger partial charge in [0, 0.05) is 20.1 Å². The first-order chi connectivity index (χ1) is 8.41. The van der Waals surface area contributed by atoms with Crippen molar-refractivity contribution in [1.29, 1.82) is 0 Å². The second kappa shape index (κ2) is 4.63. The number of anilines is 1. The van der Waals surface area contributed by atoms with E-state index in [0.717, 1.165) is 32.4 Å². The van der Waals surface area contributed by atoms with Gasteiger partial charge in [-0.05, 0) is 24.7 Å². The number of aryl methyl sites for hydroxylation is 1. The van der Waals surface area contributed by atoms with Gasteiger partial charge in [-0.25, -0.2) is 0 Å². The number of rotatable bonds is 1. The molecule has 5 nitrogen and oxygen atoms in total. The van der Waals surface area contributed by atoms with Gasteiger partial charge in [-0.15, -0.1) is 0 Å². The van der Waals surface area contributed by atoms with Gasteiger partial charge in [0.05, 0.1) is 11.9 Å². The normalized spacial score (nSPS) is 19.6. The lowest BCUT2D eigenvalue weighted by atomic mass is 9.85. The van der Waals surface area contributed by atoms with Gasteiger partial charge in [0.2, 0.25) is 0 Å². The van der Waals surface area contributed by atoms with Gasteiger partial charge in [0.15, 0.2) is 0 Å². The molecule has 0 spiro atoms. The highest BCUT2D eigenvalue weighted by Gasteiger charge is 2.28. The first-order valence-corrected chi connectivity index (χ1v) is 6.47. The molecular weight excluding hydrogens is 228 g/mol. The molecule has 1 fully saturated rings. The zero-order valence-electron chi connectivity index (χ0n) is 11.4. The van der Waals surface area contributed by atoms with Crippen LogP contribution in [0.2, 0.25) is 0 Å². The molecule has 18 heavy (non-hydrogen) atoms. The summed E-state index contributed by atoms with van der Waals surface area (Å²) >= 11 is 0. The van der Waals surface area contributed by atoms with E-state index in [2.05, 4.69) is 18.9 Å². The molecule has 1 aliphatic heterocycles. The van der Waals surface area contributed by atoms with Crippen molar-refractivity contribution in [3.8, 4) is 0 Å². The van der Waals surface area contributed by atoms with Crippen LogP contribution < -0.4 is 5.73 Å². The summed E-state index contributed by atoms with van der Waals surface area (Å²) < 4.78 is 1.56. The Balaban J connectivity index is 2.15. The molecule has 100 valence electrons. The van der Waals surface area contributed by atoms with E-state index in [-0.39, 0.29) is 5.91 Å². The van der Waals surface area contributed by atoms with E-state index < -0.39 is 0 Å². The van der Waals surface area contributed by atoms with Gasteiger partial charge in [-0.3, -0.25) is 9.48 Å². The molecule has 1 aliphatic rings. The highest BCUT2D eigenvalue weighted by molar-refractivity contribution is 5.97. The SMILES string of the molecule is Cn1ncc(N)c1C(=O)N1CCCC(C)(C)CC1. The minimum absolute atomic E-state index is 0.00481. The van der Waals surface area contributed by atoms with Crippen LogP contribution in [0.4, 0.5) is 5.69 Å². The average Bonchev–Trinajstić information content (AvgIpc) is 2.51. The third-order valence-electron chi connectivity index (χ3n) is 3.80. The maximum atomic E-state index is 12.5. The predicted octanol–water partition coefficient (Wildman–Crippen LogP) is 1.65. The third-order valence-corrected chi connectivity index (χ3v) is 3.80. The van der Waals surface area contributed by atoms with Crippen LogP contribution in [0.5, 0.6) is 0 Å². The monoisotopic (exact) mass is 250 g/mol. The predicted molar refractivity (Wildman–Crippen MR) is 71.2 cm³/mol. The van der Waals surface area contributed by atoms with Gasteiger partial charge in [-0.2, -0.15) is 5.10 Å². The molecule has 0 aliphatic carbocycles. The van der Waals surface area contributed by atoms with E-state index >= 15 is 0 Å². The molecule has 1 saturated heterocycles. The Hall–Kier alpha value is -1.52. The number of nitrogen functional groups attached to an aromatic ring is 1. The minimum atomic E-state index is 0.00481. The summed E-state index contributed by atoms with van der Waals surface area (Å²) in [7, 11) is 1.76. The van der Waals surface area contributed by atoms with Crippen LogP contribution >= 0.6 is 0 Å². The van der Waals surface area contributed by atoms with E-state index in [9.17, 15) is 4.79 Å². The van der Waals surface area contributed by atoms with Crippen LogP contribution in [0.3, 0.4) is 0 Å². The number of carbonyl (C=O) groups is 1. The highest BCUT2D eigenvalue weighted by Crippen LogP contribution is 2.30. The molecule has 0 aromatic carbocycles. The first kappa shape index (κ1) is 12.9. The van der Waals surface area contributed by atoms with Crippen molar-refractivity contribution >= 4 is 11.6 Å². The number of nitrogens with two attached hydrogens (primary N) is 1. The van der Waals surface area contributed by atoms with Crippen LogP contribution in [0, 0.1) is 5.41 Å². The fraction of sp³-hybridized carbons (Fsp3) is 0.692. The van der Waals surface area contributed by atoms with Crippen LogP contribution in [-0.4, -0.2) is 33.7 Å². The van der Waals surface area contributed by atoms with Crippen molar-refractivity contribution in [2.75, 3.05) is 18.8 Å². The molecule has 0 radical (unpaired) electrons. The number of carbonyl (C=O) groups excluding carboxylic acids is 1. The number of likely N-dealkylation sites (tertiary alicyclic amines) is 1. The molecule has 1 amide bonds. The lowest BCUT2D eigenvalue weighted by molar-refractivity contribution is 0.0747. The Bertz CT molecular complexity index is 430. The van der Waals surface area contributed by atoms with E-state index in [0.29, 0.717) is 16.8 Å². The summed E-state index contributed by atoms with van der Waals surface area (Å²) in [5.74, 6) is 0.00481. The lowest BCUT2D eigenvalue weighted by Gasteiger charge is -2.23. The Morgan fingerprint density at radius 1 is 1.39 bits per heavy atom. The number of amides is 1. The van der Waals surface area contributed by atoms with Crippen LogP contribution in [0.15, 0.2) is 6.20 Å². The van der Waals surface area contributed by atoms with Gasteiger partial charge >= 0.3 is 0 Å². The van der Waals surface area contributed by atoms with Crippen molar-refractivity contribution in [2.24, 2.45) is 12.5 Å². The second-order valence-electron chi connectivity index (χ2n) is 5.88. The highest BCUT2D eigenvalue weighted by atomic mass is 16.2. The molecule has 0 saturated carbocycles. The zero-order chi connectivity index (χ0) is 13.3. The van der Waals surface area contributed by atoms with Crippen molar-refractivity contribution in [3.63, 3.8) is 0 Å². The Kier molecular flexibility index (Phi) is 3.32. The molecule has 1 aromatic heterocycles. The molecule has 2 N–H and O–H groups in total. The molecular formula is C13H22N4O. The standard InChI is InChI=1S/C13H22N4O/c1-13(2)5-4-7-17(8-6-13)12(18)11-10(14)9-15-16(11)3/h9H,4-8,14H2,1-3H3. The third kappa shape index (κ3) is 2.49. The Morgan fingerprint density at radius 3 is 2.72 bits per heavy atom. The lowest BCUT2D eigenvalue weighted by Crippen LogP contribution is -2.34. The van der Waals surface area contributed by atoms with Crippen LogP contribution in [-0.2, 0) is 7.05 Å². The summed E-state index contributed by atoms with van der Waals surface area (Å²) in [4.78, 5) is 14.4. The summed E-state index contributed by atoms with van der Waals surface area (Å²) in [6.07, 6.45) is 4.79. The fourth-order valence-corrected chi connectivity index (χ4v) is 2.49. The second-order valence-corrected chi connectivity index (χ2v) is 5.88. The summed E-state index contributed by atoms with van der Waals surface area (Å²) in [5.41, 5.74) is 7.11. The first-order valence-electron chi connectivity index (χ1n) is 6.47. The molecule has 5 heteroatoms. The smallest absolute Gasteiger partial charge is 0.274 e. The number of aromatic nitrogens is 2. The minimum Gasteiger partial charge on any atom is -0.396 e. The van der Waals surface area contributed by atoms with Crippen molar-refractivity contribution in [1.82, 2.24) is 14.7 Å². The van der Waals surface area contributed by atoms with Crippen molar-refractivity contribution in [3.05, 3.63) is 11.9 Å². The van der Waals surface area contributed by atoms with E-state index in [1.807, 2.05) is 4.90 Å². The Labute approximate surface area is 108 Å². The topological polar surface area (TPSA) is 64.2 Å². The number of hydrogen-bond acceptors (Lipinski definition) is 3. The van der Waals surface area contributed by atoms with E-state index in [4.69, 9.17) is 5.73 Å². The molecule has 0 bridgehead atoms. The molecule has 0 atom stereocenters. The number of nitrogens with zero attached hydrogens (tertiary/aromatic N) is 3. The van der Waals surface area contributed by atoms with Gasteiger partial charge < -0.3 is 10.6 Å². The van der Waals surface area contributed by atoms with E-state index in [1.165, 1.54) is 6.20 Å². The number of hydrogen-bond donors (Lipinski definition) is 1. The largest absolute Gasteiger partial charge is 0.396 e. The molecule has 2 heterocycles. The van der Waals surface area contributed by atoms with Gasteiger partial charge in [0.25, 0.3) is 5.91 Å². The Morgan fingerprint density at radius 2 is 2.11 bits per heavy atom. The van der Waals surface area contributed by atoms with Crippen molar-refractivity contribution < 1.29 is 4.79 Å². The van der Waals surface area contributed by atoms with Crippen LogP contribution in [0.25, 0.3) is 0 Å². The maximum absolute atomic E-state index is 12.5. The average molecular weight is 250 g/mol.